The highest BCUT2D eigenvalue weighted by atomic mass is 19.1. The second-order valence-corrected chi connectivity index (χ2v) is 8.20. The van der Waals surface area contributed by atoms with E-state index in [-0.39, 0.29) is 17.6 Å². The molecule has 3 heteroatoms. The van der Waals surface area contributed by atoms with Crippen molar-refractivity contribution in [3.8, 4) is 11.5 Å². The van der Waals surface area contributed by atoms with Gasteiger partial charge in [0.05, 0.1) is 0 Å². The molecule has 0 radical (unpaired) electrons. The fourth-order valence-corrected chi connectivity index (χ4v) is 4.44. The number of hydrogen-bond donors (Lipinski definition) is 1. The molecular formula is C29H27FO2. The van der Waals surface area contributed by atoms with Crippen LogP contribution < -0.4 is 4.74 Å². The molecule has 0 heterocycles. The average Bonchev–Trinajstić information content (AvgIpc) is 2.81. The monoisotopic (exact) mass is 426 g/mol. The molecule has 0 spiro atoms. The molecule has 0 aromatic heterocycles. The number of rotatable bonds is 7. The zero-order valence-corrected chi connectivity index (χ0v) is 18.0. The van der Waals surface area contributed by atoms with Crippen LogP contribution in [0.3, 0.4) is 0 Å². The molecule has 162 valence electrons. The number of aromatic hydroxyl groups is 1. The van der Waals surface area contributed by atoms with Crippen molar-refractivity contribution in [1.82, 2.24) is 0 Å². The van der Waals surface area contributed by atoms with Crippen LogP contribution in [0.4, 0.5) is 4.39 Å². The van der Waals surface area contributed by atoms with Gasteiger partial charge in [-0.05, 0) is 71.4 Å². The first kappa shape index (κ1) is 21.6. The zero-order chi connectivity index (χ0) is 22.5. The van der Waals surface area contributed by atoms with Crippen LogP contribution in [0, 0.1) is 5.92 Å². The van der Waals surface area contributed by atoms with E-state index in [1.807, 2.05) is 36.4 Å². The van der Waals surface area contributed by atoms with Crippen LogP contribution in [-0.2, 0) is 13.0 Å². The first-order valence-electron chi connectivity index (χ1n) is 10.8. The van der Waals surface area contributed by atoms with E-state index < -0.39 is 5.83 Å². The second-order valence-electron chi connectivity index (χ2n) is 8.20. The Morgan fingerprint density at radius 2 is 1.75 bits per heavy atom. The topological polar surface area (TPSA) is 29.5 Å². The number of phenols is 1. The Bertz CT molecular complexity index is 1130. The SMILES string of the molecule is C=C(F)/C=C\C(=C)C1CCc2cc(OCc3ccccc3)ccc2C1c1ccc(O)cc1. The van der Waals surface area contributed by atoms with Crippen LogP contribution in [0.5, 0.6) is 11.5 Å². The maximum absolute atomic E-state index is 13.2. The summed E-state index contributed by atoms with van der Waals surface area (Å²) >= 11 is 0. The molecule has 0 aliphatic heterocycles. The van der Waals surface area contributed by atoms with E-state index >= 15 is 0 Å². The molecule has 0 fully saturated rings. The fourth-order valence-electron chi connectivity index (χ4n) is 4.44. The van der Waals surface area contributed by atoms with Crippen LogP contribution in [0.25, 0.3) is 0 Å². The maximum atomic E-state index is 13.2. The van der Waals surface area contributed by atoms with E-state index in [4.69, 9.17) is 4.74 Å². The fraction of sp³-hybridized carbons (Fsp3) is 0.172. The molecule has 0 saturated carbocycles. The molecule has 1 aliphatic rings. The Kier molecular flexibility index (Phi) is 6.55. The zero-order valence-electron chi connectivity index (χ0n) is 18.0. The van der Waals surface area contributed by atoms with Crippen molar-refractivity contribution >= 4 is 0 Å². The highest BCUT2D eigenvalue weighted by Gasteiger charge is 2.32. The Morgan fingerprint density at radius 3 is 2.47 bits per heavy atom. The molecule has 0 bridgehead atoms. The quantitative estimate of drug-likeness (QED) is 0.403. The number of ether oxygens (including phenoxy) is 1. The van der Waals surface area contributed by atoms with Crippen molar-refractivity contribution in [2.75, 3.05) is 0 Å². The van der Waals surface area contributed by atoms with Crippen molar-refractivity contribution in [1.29, 1.82) is 0 Å². The summed E-state index contributed by atoms with van der Waals surface area (Å²) in [7, 11) is 0. The standard InChI is InChI=1S/C29H27FO2/c1-20(8-9-21(2)30)27-16-12-24-18-26(32-19-22-6-4-3-5-7-22)15-17-28(24)29(27)23-10-13-25(31)14-11-23/h3-11,13-15,17-18,27,29,31H,1-2,12,16,19H2/b9-8-. The number of allylic oxidation sites excluding steroid dienone is 4. The lowest BCUT2D eigenvalue weighted by molar-refractivity contribution is 0.305. The molecule has 0 saturated heterocycles. The van der Waals surface area contributed by atoms with Gasteiger partial charge in [-0.25, -0.2) is 4.39 Å². The van der Waals surface area contributed by atoms with Crippen LogP contribution >= 0.6 is 0 Å². The summed E-state index contributed by atoms with van der Waals surface area (Å²) in [6.07, 6.45) is 4.87. The number of hydrogen-bond acceptors (Lipinski definition) is 2. The molecule has 2 unspecified atom stereocenters. The van der Waals surface area contributed by atoms with E-state index in [9.17, 15) is 9.50 Å². The first-order valence-corrected chi connectivity index (χ1v) is 10.8. The number of fused-ring (bicyclic) bond motifs is 1. The lowest BCUT2D eigenvalue weighted by Crippen LogP contribution is -2.23. The molecule has 2 nitrogen and oxygen atoms in total. The van der Waals surface area contributed by atoms with Crippen molar-refractivity contribution in [2.24, 2.45) is 5.92 Å². The van der Waals surface area contributed by atoms with Gasteiger partial charge in [0.25, 0.3) is 0 Å². The van der Waals surface area contributed by atoms with Gasteiger partial charge >= 0.3 is 0 Å². The summed E-state index contributed by atoms with van der Waals surface area (Å²) in [6.45, 7) is 8.06. The molecule has 2 atom stereocenters. The van der Waals surface area contributed by atoms with Crippen LogP contribution in [0.15, 0.2) is 110 Å². The van der Waals surface area contributed by atoms with Crippen molar-refractivity contribution in [3.63, 3.8) is 0 Å². The van der Waals surface area contributed by atoms with Gasteiger partial charge in [-0.3, -0.25) is 0 Å². The van der Waals surface area contributed by atoms with E-state index in [0.717, 1.165) is 35.3 Å². The number of benzene rings is 3. The predicted molar refractivity (Wildman–Crippen MR) is 128 cm³/mol. The highest BCUT2D eigenvalue weighted by Crippen LogP contribution is 2.45. The van der Waals surface area contributed by atoms with Gasteiger partial charge in [-0.15, -0.1) is 0 Å². The van der Waals surface area contributed by atoms with Crippen molar-refractivity contribution < 1.29 is 14.2 Å². The minimum Gasteiger partial charge on any atom is -0.508 e. The molecule has 4 rings (SSSR count). The molecule has 1 aliphatic carbocycles. The molecular weight excluding hydrogens is 399 g/mol. The average molecular weight is 427 g/mol. The maximum Gasteiger partial charge on any atom is 0.120 e. The summed E-state index contributed by atoms with van der Waals surface area (Å²) in [6, 6.07) is 23.7. The van der Waals surface area contributed by atoms with Gasteiger partial charge in [0.2, 0.25) is 0 Å². The lowest BCUT2D eigenvalue weighted by Gasteiger charge is -2.35. The van der Waals surface area contributed by atoms with Gasteiger partial charge < -0.3 is 9.84 Å². The van der Waals surface area contributed by atoms with E-state index in [0.29, 0.717) is 6.61 Å². The first-order chi connectivity index (χ1) is 15.5. The Labute approximate surface area is 189 Å². The largest absolute Gasteiger partial charge is 0.508 e. The third-order valence-corrected chi connectivity index (χ3v) is 6.03. The second kappa shape index (κ2) is 9.69. The van der Waals surface area contributed by atoms with Crippen molar-refractivity contribution in [3.05, 3.63) is 132 Å². The minimum absolute atomic E-state index is 0.0625. The molecule has 3 aromatic rings. The van der Waals surface area contributed by atoms with Gasteiger partial charge in [-0.2, -0.15) is 0 Å². The Hall–Kier alpha value is -3.59. The van der Waals surface area contributed by atoms with E-state index in [1.54, 1.807) is 18.2 Å². The molecule has 1 N–H and O–H groups in total. The van der Waals surface area contributed by atoms with Gasteiger partial charge in [0.15, 0.2) is 0 Å². The van der Waals surface area contributed by atoms with Crippen LogP contribution in [-0.4, -0.2) is 5.11 Å². The lowest BCUT2D eigenvalue weighted by atomic mass is 9.69. The smallest absolute Gasteiger partial charge is 0.120 e. The van der Waals surface area contributed by atoms with Crippen LogP contribution in [0.1, 0.15) is 34.6 Å². The van der Waals surface area contributed by atoms with E-state index in [1.165, 1.54) is 17.2 Å². The number of aryl methyl sites for hydroxylation is 1. The molecule has 32 heavy (non-hydrogen) atoms. The van der Waals surface area contributed by atoms with Gasteiger partial charge in [0, 0.05) is 5.92 Å². The summed E-state index contributed by atoms with van der Waals surface area (Å²) < 4.78 is 19.2. The van der Waals surface area contributed by atoms with Gasteiger partial charge in [-0.1, -0.05) is 73.3 Å². The summed E-state index contributed by atoms with van der Waals surface area (Å²) in [4.78, 5) is 0. The number of phenolic OH excluding ortho intramolecular Hbond substituents is 1. The third-order valence-electron chi connectivity index (χ3n) is 6.03. The third kappa shape index (κ3) is 5.00. The molecule has 3 aromatic carbocycles. The minimum atomic E-state index is -0.483. The summed E-state index contributed by atoms with van der Waals surface area (Å²) in [5.74, 6) is 0.788. The van der Waals surface area contributed by atoms with Crippen LogP contribution in [0.2, 0.25) is 0 Å². The summed E-state index contributed by atoms with van der Waals surface area (Å²) in [5, 5.41) is 9.76. The van der Waals surface area contributed by atoms with E-state index in [2.05, 4.69) is 37.4 Å². The highest BCUT2D eigenvalue weighted by molar-refractivity contribution is 5.48. The normalized spacial score (nSPS) is 17.7. The molecule has 0 amide bonds. The predicted octanol–water partition coefficient (Wildman–Crippen LogP) is 7.26. The Morgan fingerprint density at radius 1 is 1.00 bits per heavy atom. The van der Waals surface area contributed by atoms with Crippen molar-refractivity contribution in [2.45, 2.75) is 25.4 Å². The van der Waals surface area contributed by atoms with Gasteiger partial charge in [0.1, 0.15) is 23.9 Å². The number of halogens is 1. The summed E-state index contributed by atoms with van der Waals surface area (Å²) in [5.41, 5.74) is 5.56. The Balaban J connectivity index is 1.64.